The molecule has 5 atom stereocenters. The zero-order valence-electron chi connectivity index (χ0n) is 32.1. The van der Waals surface area contributed by atoms with E-state index in [1.807, 2.05) is 56.6 Å². The van der Waals surface area contributed by atoms with Crippen molar-refractivity contribution in [3.63, 3.8) is 0 Å². The average molecular weight is 861 g/mol. The van der Waals surface area contributed by atoms with Crippen molar-refractivity contribution >= 4 is 80.6 Å². The third-order valence-electron chi connectivity index (χ3n) is 11.9. The van der Waals surface area contributed by atoms with Crippen LogP contribution in [0.15, 0.2) is 142 Å². The van der Waals surface area contributed by atoms with Crippen LogP contribution in [0.5, 0.6) is 0 Å². The van der Waals surface area contributed by atoms with Crippen LogP contribution >= 0.6 is 58.0 Å². The molecule has 57 heavy (non-hydrogen) atoms. The van der Waals surface area contributed by atoms with Crippen LogP contribution in [0.4, 0.5) is 0 Å². The van der Waals surface area contributed by atoms with Gasteiger partial charge < -0.3 is 29.6 Å². The smallest absolute Gasteiger partial charge is 0.182 e. The molecule has 8 bridgehead atoms. The predicted molar refractivity (Wildman–Crippen MR) is 238 cm³/mol. The van der Waals surface area contributed by atoms with Crippen molar-refractivity contribution in [1.29, 1.82) is 0 Å². The molecule has 0 amide bonds. The summed E-state index contributed by atoms with van der Waals surface area (Å²) in [6.07, 6.45) is 28.8. The molecular formula is C44H43Cl5N8. The Morgan fingerprint density at radius 2 is 1.18 bits per heavy atom. The Balaban J connectivity index is 1.43. The van der Waals surface area contributed by atoms with Crippen LogP contribution in [0.3, 0.4) is 0 Å². The van der Waals surface area contributed by atoms with E-state index in [1.165, 1.54) is 0 Å². The molecule has 0 spiro atoms. The first-order chi connectivity index (χ1) is 27.3. The van der Waals surface area contributed by atoms with E-state index in [4.69, 9.17) is 68.0 Å². The minimum atomic E-state index is -1.62. The summed E-state index contributed by atoms with van der Waals surface area (Å²) in [5.41, 5.74) is 7.98. The van der Waals surface area contributed by atoms with Crippen molar-refractivity contribution in [3.8, 4) is 0 Å². The highest BCUT2D eigenvalue weighted by molar-refractivity contribution is 6.51. The molecular weight excluding hydrogens is 818 g/mol. The number of aliphatic imine (C=N–C) groups is 2. The Bertz CT molecular complexity index is 2530. The number of H-pyrrole nitrogens is 2. The molecule has 0 aromatic carbocycles. The summed E-state index contributed by atoms with van der Waals surface area (Å²) >= 11 is 39.7. The third kappa shape index (κ3) is 5.76. The van der Waals surface area contributed by atoms with Gasteiger partial charge in [0.2, 0.25) is 0 Å². The first kappa shape index (κ1) is 38.5. The number of nitrogens with one attached hydrogen (secondary N) is 2. The van der Waals surface area contributed by atoms with E-state index in [9.17, 15) is 0 Å². The van der Waals surface area contributed by atoms with Crippen molar-refractivity contribution in [1.82, 2.24) is 29.6 Å². The maximum atomic E-state index is 8.17. The number of alkyl halides is 5. The highest BCUT2D eigenvalue weighted by Gasteiger charge is 2.65. The molecule has 2 aromatic rings. The number of halogens is 5. The molecule has 7 aliphatic rings. The number of nitrogens with zero attached hydrogens (tertiary/aromatic N) is 6. The Morgan fingerprint density at radius 3 is 1.77 bits per heavy atom. The quantitative estimate of drug-likeness (QED) is 0.257. The molecule has 0 aliphatic carbocycles. The van der Waals surface area contributed by atoms with Crippen molar-refractivity contribution in [2.75, 3.05) is 54.4 Å². The molecule has 294 valence electrons. The zero-order chi connectivity index (χ0) is 39.9. The molecule has 5 unspecified atom stereocenters. The number of likely N-dealkylation sites (N-methyl/N-ethyl adjacent to an activating group) is 4. The largest absolute Gasteiger partial charge is 0.372 e. The monoisotopic (exact) mass is 858 g/mol. The molecule has 8 nitrogen and oxygen atoms in total. The van der Waals surface area contributed by atoms with E-state index in [0.717, 1.165) is 63.4 Å². The minimum absolute atomic E-state index is 0.340. The second-order valence-corrected chi connectivity index (χ2v) is 18.3. The third-order valence-corrected chi connectivity index (χ3v) is 15.2. The summed E-state index contributed by atoms with van der Waals surface area (Å²) in [6.45, 7) is 2.71. The van der Waals surface area contributed by atoms with E-state index >= 15 is 0 Å². The standard InChI is InChI=1S/C44H43Cl5N8/c1-54-23-9-5-13-32(54)39-28-17-18-29(50-28)40(33-14-6-10-24-55(33)2)31-27-34(45)44(49,52-31)43(48,38-16-8-12-26-57(38)4)36-21-22-41(46,53-36)42(47,35-20-19-30(39)51-35)37-15-7-11-25-56(37)3/h5-22,34,50-51H,23-27H2,1-4H3. The molecule has 0 saturated carbocycles. The molecule has 2 N–H and O–H groups in total. The van der Waals surface area contributed by atoms with Gasteiger partial charge in [0.05, 0.1) is 22.1 Å². The number of hydrogen-bond acceptors (Lipinski definition) is 6. The lowest BCUT2D eigenvalue weighted by atomic mass is 9.85. The van der Waals surface area contributed by atoms with Crippen LogP contribution < -0.4 is 10.7 Å². The zero-order valence-corrected chi connectivity index (χ0v) is 35.9. The fraction of sp³-hybridized carbons (Fsp3) is 0.318. The Kier molecular flexibility index (Phi) is 9.49. The molecule has 13 heteroatoms. The molecule has 0 saturated heterocycles. The van der Waals surface area contributed by atoms with Gasteiger partial charge in [-0.1, -0.05) is 71.8 Å². The number of allylic oxidation sites excluding steroid dienone is 11. The van der Waals surface area contributed by atoms with Crippen LogP contribution in [-0.4, -0.2) is 116 Å². The number of rotatable bonds is 4. The van der Waals surface area contributed by atoms with E-state index < -0.39 is 25.1 Å². The summed E-state index contributed by atoms with van der Waals surface area (Å²) in [5, 5.41) is 1.02. The lowest BCUT2D eigenvalue weighted by molar-refractivity contribution is 0.370. The summed E-state index contributed by atoms with van der Waals surface area (Å²) in [7, 11) is 8.14. The van der Waals surface area contributed by atoms with E-state index in [2.05, 4.69) is 110 Å². The normalized spacial score (nSPS) is 32.1. The fourth-order valence-corrected chi connectivity index (χ4v) is 10.9. The summed E-state index contributed by atoms with van der Waals surface area (Å²) in [4.78, 5) is 20.7. The van der Waals surface area contributed by atoms with E-state index in [0.29, 0.717) is 36.6 Å². The summed E-state index contributed by atoms with van der Waals surface area (Å²) in [6, 6.07) is 8.31. The second kappa shape index (κ2) is 14.1. The summed E-state index contributed by atoms with van der Waals surface area (Å²) < 4.78 is 0. The van der Waals surface area contributed by atoms with Gasteiger partial charge in [-0.3, -0.25) is 9.98 Å². The van der Waals surface area contributed by atoms with Crippen molar-refractivity contribution in [2.45, 2.75) is 31.5 Å². The highest BCUT2D eigenvalue weighted by atomic mass is 35.5. The highest BCUT2D eigenvalue weighted by Crippen LogP contribution is 2.58. The van der Waals surface area contributed by atoms with Gasteiger partial charge in [0.1, 0.15) is 0 Å². The molecule has 0 fully saturated rings. The van der Waals surface area contributed by atoms with Crippen LogP contribution in [0.1, 0.15) is 17.8 Å². The van der Waals surface area contributed by atoms with Gasteiger partial charge in [-0.2, -0.15) is 0 Å². The van der Waals surface area contributed by atoms with Gasteiger partial charge in [-0.05, 0) is 60.7 Å². The van der Waals surface area contributed by atoms with Gasteiger partial charge >= 0.3 is 0 Å². The maximum Gasteiger partial charge on any atom is 0.182 e. The van der Waals surface area contributed by atoms with Gasteiger partial charge in [-0.15, -0.1) is 34.8 Å². The van der Waals surface area contributed by atoms with Crippen molar-refractivity contribution < 1.29 is 0 Å². The first-order valence-corrected chi connectivity index (χ1v) is 21.0. The topological polar surface area (TPSA) is 69.3 Å². The van der Waals surface area contributed by atoms with Gasteiger partial charge in [0.15, 0.2) is 19.7 Å². The molecule has 0 radical (unpaired) electrons. The number of aromatic nitrogens is 2. The van der Waals surface area contributed by atoms with Crippen molar-refractivity contribution in [2.24, 2.45) is 9.98 Å². The fourth-order valence-electron chi connectivity index (χ4n) is 8.90. The molecule has 2 aromatic heterocycles. The first-order valence-electron chi connectivity index (χ1n) is 19.1. The number of hydrogen-bond donors (Lipinski definition) is 2. The lowest BCUT2D eigenvalue weighted by Crippen LogP contribution is -2.58. The number of fused-ring (bicyclic) bond motifs is 6. The van der Waals surface area contributed by atoms with Crippen LogP contribution in [0.25, 0.3) is 11.1 Å². The van der Waals surface area contributed by atoms with Crippen LogP contribution in [-0.2, 0) is 4.87 Å². The summed E-state index contributed by atoms with van der Waals surface area (Å²) in [5.74, 6) is 0. The predicted octanol–water partition coefficient (Wildman–Crippen LogP) is 6.99. The Morgan fingerprint density at radius 1 is 0.632 bits per heavy atom. The Hall–Kier alpha value is -4.05. The van der Waals surface area contributed by atoms with Gasteiger partial charge in [0.25, 0.3) is 0 Å². The Labute approximate surface area is 358 Å². The van der Waals surface area contributed by atoms with Gasteiger partial charge in [-0.25, -0.2) is 0 Å². The van der Waals surface area contributed by atoms with Gasteiger partial charge in [0, 0.05) is 111 Å². The average Bonchev–Trinajstić information content (AvgIpc) is 4.02. The molecule has 9 heterocycles. The van der Waals surface area contributed by atoms with E-state index in [1.54, 1.807) is 0 Å². The SMILES string of the molecule is CN1CC=CC=C1C1=c2ccc([nH]2)=C(C2=CC=CCN2C)c2ccc([nH]2)C(Cl)(C2=CC=CCN2C)C2(Cl)C=CC(=N2)C(Cl)(C2=CC=CCN2C)C2(Cl)N=C1CC2Cl. The molecule has 9 rings (SSSR count). The van der Waals surface area contributed by atoms with E-state index in [-0.39, 0.29) is 0 Å². The van der Waals surface area contributed by atoms with Crippen LogP contribution in [0.2, 0.25) is 0 Å². The lowest BCUT2D eigenvalue weighted by Gasteiger charge is -2.45. The maximum absolute atomic E-state index is 8.17. The molecule has 7 aliphatic heterocycles. The second-order valence-electron chi connectivity index (χ2n) is 15.5. The van der Waals surface area contributed by atoms with Crippen molar-refractivity contribution in [3.05, 3.63) is 154 Å². The number of aromatic amines is 2. The minimum Gasteiger partial charge on any atom is -0.372 e. The van der Waals surface area contributed by atoms with Crippen LogP contribution in [0, 0.1) is 0 Å².